The predicted octanol–water partition coefficient (Wildman–Crippen LogP) is 1.44. The number of phenols is 1. The van der Waals surface area contributed by atoms with Gasteiger partial charge in [0.1, 0.15) is 5.57 Å². The molecule has 1 heterocycles. The number of imide groups is 2. The van der Waals surface area contributed by atoms with Crippen molar-refractivity contribution in [2.75, 3.05) is 13.2 Å². The van der Waals surface area contributed by atoms with Gasteiger partial charge < -0.3 is 9.84 Å². The van der Waals surface area contributed by atoms with Gasteiger partial charge in [-0.2, -0.15) is 0 Å². The fourth-order valence-electron chi connectivity index (χ4n) is 2.05. The fourth-order valence-corrected chi connectivity index (χ4v) is 2.05. The van der Waals surface area contributed by atoms with Gasteiger partial charge in [0.15, 0.2) is 11.5 Å². The molecule has 4 amide bonds. The van der Waals surface area contributed by atoms with Gasteiger partial charge in [-0.15, -0.1) is 6.58 Å². The van der Waals surface area contributed by atoms with Gasteiger partial charge in [-0.05, 0) is 30.7 Å². The molecule has 0 atom stereocenters. The zero-order valence-electron chi connectivity index (χ0n) is 12.5. The van der Waals surface area contributed by atoms with Gasteiger partial charge in [0, 0.05) is 6.54 Å². The third-order valence-electron chi connectivity index (χ3n) is 3.09. The lowest BCUT2D eigenvalue weighted by Gasteiger charge is -2.25. The van der Waals surface area contributed by atoms with Gasteiger partial charge in [0.2, 0.25) is 0 Å². The second kappa shape index (κ2) is 6.78. The highest BCUT2D eigenvalue weighted by Crippen LogP contribution is 2.28. The second-order valence-corrected chi connectivity index (χ2v) is 4.68. The Hall–Kier alpha value is -3.09. The first-order valence-corrected chi connectivity index (χ1v) is 6.93. The molecule has 1 aliphatic rings. The van der Waals surface area contributed by atoms with Crippen molar-refractivity contribution in [1.29, 1.82) is 0 Å². The summed E-state index contributed by atoms with van der Waals surface area (Å²) in [5.41, 5.74) is 0.303. The SMILES string of the molecule is C=CCN1C(=O)NC(=O)/C(=C/c2ccc(O)c(OCC)c2)C1=O. The molecule has 1 fully saturated rings. The van der Waals surface area contributed by atoms with Crippen molar-refractivity contribution in [2.45, 2.75) is 6.92 Å². The van der Waals surface area contributed by atoms with Crippen LogP contribution in [0.2, 0.25) is 0 Å². The lowest BCUT2D eigenvalue weighted by molar-refractivity contribution is -0.129. The number of hydrogen-bond donors (Lipinski definition) is 2. The summed E-state index contributed by atoms with van der Waals surface area (Å²) in [4.78, 5) is 36.7. The van der Waals surface area contributed by atoms with Gasteiger partial charge >= 0.3 is 6.03 Å². The van der Waals surface area contributed by atoms with Crippen LogP contribution >= 0.6 is 0 Å². The third kappa shape index (κ3) is 3.39. The van der Waals surface area contributed by atoms with Gasteiger partial charge in [-0.3, -0.25) is 19.8 Å². The van der Waals surface area contributed by atoms with Crippen LogP contribution in [-0.2, 0) is 9.59 Å². The number of carbonyl (C=O) groups is 3. The minimum Gasteiger partial charge on any atom is -0.504 e. The van der Waals surface area contributed by atoms with Crippen LogP contribution < -0.4 is 10.1 Å². The molecule has 1 aromatic carbocycles. The van der Waals surface area contributed by atoms with E-state index in [4.69, 9.17) is 4.74 Å². The molecule has 23 heavy (non-hydrogen) atoms. The molecule has 1 aromatic rings. The predicted molar refractivity (Wildman–Crippen MR) is 82.7 cm³/mol. The first-order chi connectivity index (χ1) is 11.0. The average molecular weight is 316 g/mol. The molecule has 0 spiro atoms. The monoisotopic (exact) mass is 316 g/mol. The van der Waals surface area contributed by atoms with E-state index in [1.165, 1.54) is 30.4 Å². The van der Waals surface area contributed by atoms with E-state index in [1.807, 2.05) is 0 Å². The Morgan fingerprint density at radius 2 is 2.09 bits per heavy atom. The Morgan fingerprint density at radius 3 is 2.74 bits per heavy atom. The number of nitrogens with one attached hydrogen (secondary N) is 1. The number of aromatic hydroxyl groups is 1. The molecule has 7 nitrogen and oxygen atoms in total. The lowest BCUT2D eigenvalue weighted by atomic mass is 10.1. The lowest BCUT2D eigenvalue weighted by Crippen LogP contribution is -2.54. The van der Waals surface area contributed by atoms with Crippen molar-refractivity contribution >= 4 is 23.9 Å². The van der Waals surface area contributed by atoms with Crippen LogP contribution in [0.25, 0.3) is 6.08 Å². The molecular formula is C16H16N2O5. The molecule has 0 unspecified atom stereocenters. The molecule has 0 bridgehead atoms. The van der Waals surface area contributed by atoms with Gasteiger partial charge in [0.05, 0.1) is 6.61 Å². The Morgan fingerprint density at radius 1 is 1.35 bits per heavy atom. The number of ether oxygens (including phenoxy) is 1. The summed E-state index contributed by atoms with van der Waals surface area (Å²) in [7, 11) is 0. The fraction of sp³-hybridized carbons (Fsp3) is 0.188. The highest BCUT2D eigenvalue weighted by Gasteiger charge is 2.34. The number of amides is 4. The largest absolute Gasteiger partial charge is 0.504 e. The summed E-state index contributed by atoms with van der Waals surface area (Å²) >= 11 is 0. The Bertz CT molecular complexity index is 708. The van der Waals surface area contributed by atoms with Crippen LogP contribution in [-0.4, -0.2) is 41.0 Å². The Labute approximate surface area is 132 Å². The Kier molecular flexibility index (Phi) is 4.80. The van der Waals surface area contributed by atoms with Gasteiger partial charge in [0.25, 0.3) is 11.8 Å². The first-order valence-electron chi connectivity index (χ1n) is 6.93. The smallest absolute Gasteiger partial charge is 0.331 e. The second-order valence-electron chi connectivity index (χ2n) is 4.68. The number of rotatable bonds is 5. The van der Waals surface area contributed by atoms with Crippen LogP contribution in [0.5, 0.6) is 11.5 Å². The van der Waals surface area contributed by atoms with Crippen molar-refractivity contribution < 1.29 is 24.2 Å². The maximum atomic E-state index is 12.3. The molecule has 1 saturated heterocycles. The van der Waals surface area contributed by atoms with E-state index < -0.39 is 17.8 Å². The van der Waals surface area contributed by atoms with E-state index in [2.05, 4.69) is 11.9 Å². The van der Waals surface area contributed by atoms with Crippen molar-refractivity contribution in [3.63, 3.8) is 0 Å². The summed E-state index contributed by atoms with van der Waals surface area (Å²) < 4.78 is 5.25. The maximum Gasteiger partial charge on any atom is 0.331 e. The number of nitrogens with zero attached hydrogens (tertiary/aromatic N) is 1. The van der Waals surface area contributed by atoms with E-state index in [-0.39, 0.29) is 23.6 Å². The van der Waals surface area contributed by atoms with E-state index >= 15 is 0 Å². The summed E-state index contributed by atoms with van der Waals surface area (Å²) in [5, 5.41) is 11.8. The normalized spacial score (nSPS) is 16.5. The summed E-state index contributed by atoms with van der Waals surface area (Å²) in [6, 6.07) is 3.65. The number of carbonyl (C=O) groups excluding carboxylic acids is 3. The van der Waals surface area contributed by atoms with Crippen LogP contribution in [0, 0.1) is 0 Å². The minimum absolute atomic E-state index is 0.00490. The van der Waals surface area contributed by atoms with Crippen LogP contribution in [0.1, 0.15) is 12.5 Å². The van der Waals surface area contributed by atoms with E-state index in [0.717, 1.165) is 4.90 Å². The molecule has 1 aliphatic heterocycles. The highest BCUT2D eigenvalue weighted by molar-refractivity contribution is 6.31. The Balaban J connectivity index is 2.38. The van der Waals surface area contributed by atoms with Gasteiger partial charge in [-0.1, -0.05) is 12.1 Å². The molecule has 0 saturated carbocycles. The van der Waals surface area contributed by atoms with E-state index in [1.54, 1.807) is 6.92 Å². The van der Waals surface area contributed by atoms with Crippen LogP contribution in [0.3, 0.4) is 0 Å². The van der Waals surface area contributed by atoms with Gasteiger partial charge in [-0.25, -0.2) is 4.79 Å². The van der Waals surface area contributed by atoms with Crippen molar-refractivity contribution in [1.82, 2.24) is 10.2 Å². The molecule has 0 aliphatic carbocycles. The van der Waals surface area contributed by atoms with E-state index in [0.29, 0.717) is 12.2 Å². The number of benzene rings is 1. The molecule has 2 N–H and O–H groups in total. The molecule has 120 valence electrons. The average Bonchev–Trinajstić information content (AvgIpc) is 2.51. The molecule has 7 heteroatoms. The summed E-state index contributed by atoms with van der Waals surface area (Å²) in [6.07, 6.45) is 2.72. The maximum absolute atomic E-state index is 12.3. The zero-order chi connectivity index (χ0) is 17.0. The molecule has 0 aromatic heterocycles. The van der Waals surface area contributed by atoms with Crippen LogP contribution in [0.4, 0.5) is 4.79 Å². The zero-order valence-corrected chi connectivity index (χ0v) is 12.5. The molecular weight excluding hydrogens is 300 g/mol. The number of hydrogen-bond acceptors (Lipinski definition) is 5. The molecule has 2 rings (SSSR count). The van der Waals surface area contributed by atoms with E-state index in [9.17, 15) is 19.5 Å². The first kappa shape index (κ1) is 16.3. The quantitative estimate of drug-likeness (QED) is 0.487. The van der Waals surface area contributed by atoms with Crippen molar-refractivity contribution in [3.05, 3.63) is 42.0 Å². The van der Waals surface area contributed by atoms with Crippen molar-refractivity contribution in [2.24, 2.45) is 0 Å². The number of urea groups is 1. The topological polar surface area (TPSA) is 95.9 Å². The number of phenolic OH excluding ortho intramolecular Hbond substituents is 1. The van der Waals surface area contributed by atoms with Crippen LogP contribution in [0.15, 0.2) is 36.4 Å². The third-order valence-corrected chi connectivity index (χ3v) is 3.09. The number of barbiturate groups is 1. The minimum atomic E-state index is -0.780. The highest BCUT2D eigenvalue weighted by atomic mass is 16.5. The standard InChI is InChI=1S/C16H16N2O5/c1-3-7-18-15(21)11(14(20)17-16(18)22)8-10-5-6-12(19)13(9-10)23-4-2/h3,5-6,8-9,19H,1,4,7H2,2H3,(H,17,20,22)/b11-8-. The molecule has 0 radical (unpaired) electrons. The summed E-state index contributed by atoms with van der Waals surface area (Å²) in [5.74, 6) is -1.28. The summed E-state index contributed by atoms with van der Waals surface area (Å²) in [6.45, 7) is 5.59. The van der Waals surface area contributed by atoms with Crippen molar-refractivity contribution in [3.8, 4) is 11.5 Å².